The Hall–Kier alpha value is -2.46. The van der Waals surface area contributed by atoms with Crippen molar-refractivity contribution in [1.82, 2.24) is 9.47 Å². The molecule has 1 aliphatic heterocycles. The lowest BCUT2D eigenvalue weighted by Gasteiger charge is -2.24. The van der Waals surface area contributed by atoms with Gasteiger partial charge in [0.05, 0.1) is 0 Å². The number of hydrogen-bond acceptors (Lipinski definition) is 2. The first-order valence-electron chi connectivity index (χ1n) is 8.45. The molecule has 1 aliphatic rings. The van der Waals surface area contributed by atoms with Gasteiger partial charge >= 0.3 is 0 Å². The first-order chi connectivity index (χ1) is 12.2. The summed E-state index contributed by atoms with van der Waals surface area (Å²) < 4.78 is 2.04. The number of carbonyl (C=O) groups excluding carboxylic acids is 1. The summed E-state index contributed by atoms with van der Waals surface area (Å²) in [5.74, 6) is 1.08. The van der Waals surface area contributed by atoms with Gasteiger partial charge in [0.1, 0.15) is 5.37 Å². The molecule has 1 atom stereocenters. The summed E-state index contributed by atoms with van der Waals surface area (Å²) in [6.07, 6.45) is 4.00. The summed E-state index contributed by atoms with van der Waals surface area (Å²) in [6, 6.07) is 20.3. The van der Waals surface area contributed by atoms with Crippen LogP contribution in [0, 0.1) is 6.92 Å². The number of benzene rings is 2. The second kappa shape index (κ2) is 6.81. The number of thioether (sulfide) groups is 1. The molecule has 1 fully saturated rings. The van der Waals surface area contributed by atoms with E-state index in [1.54, 1.807) is 0 Å². The number of aromatic nitrogens is 1. The zero-order chi connectivity index (χ0) is 17.2. The lowest BCUT2D eigenvalue weighted by Crippen LogP contribution is -2.30. The molecule has 4 rings (SSSR count). The fourth-order valence-corrected chi connectivity index (χ4v) is 4.39. The van der Waals surface area contributed by atoms with Crippen LogP contribution in [0.1, 0.15) is 26.9 Å². The first kappa shape index (κ1) is 16.0. The summed E-state index contributed by atoms with van der Waals surface area (Å²) in [7, 11) is 0. The highest BCUT2D eigenvalue weighted by Gasteiger charge is 2.31. The van der Waals surface area contributed by atoms with Crippen LogP contribution in [-0.2, 0) is 0 Å². The SMILES string of the molecule is Cc1ccc(C2SCCN2C(=O)c2ccc(-n3cccc3)cc2)cc1. The molecule has 0 aliphatic carbocycles. The second-order valence-electron chi connectivity index (χ2n) is 6.27. The predicted octanol–water partition coefficient (Wildman–Crippen LogP) is 4.67. The van der Waals surface area contributed by atoms with Crippen molar-refractivity contribution in [3.63, 3.8) is 0 Å². The third kappa shape index (κ3) is 3.22. The average Bonchev–Trinajstić information content (AvgIpc) is 3.34. The van der Waals surface area contributed by atoms with Gasteiger partial charge in [-0.2, -0.15) is 0 Å². The van der Waals surface area contributed by atoms with Crippen molar-refractivity contribution in [3.8, 4) is 5.69 Å². The minimum absolute atomic E-state index is 0.106. The van der Waals surface area contributed by atoms with Gasteiger partial charge in [0.25, 0.3) is 5.91 Å². The van der Waals surface area contributed by atoms with Crippen molar-refractivity contribution in [1.29, 1.82) is 0 Å². The molecule has 0 N–H and O–H groups in total. The Labute approximate surface area is 152 Å². The van der Waals surface area contributed by atoms with Crippen molar-refractivity contribution in [2.45, 2.75) is 12.3 Å². The Morgan fingerprint density at radius 3 is 2.36 bits per heavy atom. The largest absolute Gasteiger partial charge is 0.324 e. The monoisotopic (exact) mass is 348 g/mol. The Kier molecular flexibility index (Phi) is 4.36. The predicted molar refractivity (Wildman–Crippen MR) is 103 cm³/mol. The molecule has 0 bridgehead atoms. The van der Waals surface area contributed by atoms with E-state index in [1.165, 1.54) is 11.1 Å². The lowest BCUT2D eigenvalue weighted by atomic mass is 10.1. The molecule has 2 aromatic carbocycles. The molecule has 2 heterocycles. The molecule has 0 saturated carbocycles. The number of hydrogen-bond donors (Lipinski definition) is 0. The van der Waals surface area contributed by atoms with Crippen LogP contribution in [-0.4, -0.2) is 27.7 Å². The van der Waals surface area contributed by atoms with Crippen molar-refractivity contribution in [3.05, 3.63) is 89.7 Å². The fraction of sp³-hybridized carbons (Fsp3) is 0.190. The molecule has 126 valence electrons. The molecule has 0 radical (unpaired) electrons. The number of nitrogens with zero attached hydrogens (tertiary/aromatic N) is 2. The molecular weight excluding hydrogens is 328 g/mol. The molecule has 1 aromatic heterocycles. The van der Waals surface area contributed by atoms with Crippen LogP contribution in [0.4, 0.5) is 0 Å². The summed E-state index contributed by atoms with van der Waals surface area (Å²) in [5, 5.41) is 0.109. The molecule has 0 spiro atoms. The highest BCUT2D eigenvalue weighted by molar-refractivity contribution is 7.99. The Morgan fingerprint density at radius 2 is 1.68 bits per heavy atom. The van der Waals surface area contributed by atoms with Crippen molar-refractivity contribution >= 4 is 17.7 Å². The van der Waals surface area contributed by atoms with Gasteiger partial charge in [-0.05, 0) is 48.9 Å². The van der Waals surface area contributed by atoms with Crippen LogP contribution in [0.15, 0.2) is 73.1 Å². The van der Waals surface area contributed by atoms with Crippen molar-refractivity contribution in [2.24, 2.45) is 0 Å². The summed E-state index contributed by atoms with van der Waals surface area (Å²) in [6.45, 7) is 2.88. The van der Waals surface area contributed by atoms with E-state index in [9.17, 15) is 4.79 Å². The molecule has 25 heavy (non-hydrogen) atoms. The third-order valence-corrected chi connectivity index (χ3v) is 5.79. The molecule has 4 heteroatoms. The summed E-state index contributed by atoms with van der Waals surface area (Å²) in [4.78, 5) is 15.0. The quantitative estimate of drug-likeness (QED) is 0.687. The topological polar surface area (TPSA) is 25.2 Å². The highest BCUT2D eigenvalue weighted by Crippen LogP contribution is 2.38. The van der Waals surface area contributed by atoms with Gasteiger partial charge in [0.15, 0.2) is 0 Å². The maximum Gasteiger partial charge on any atom is 0.255 e. The van der Waals surface area contributed by atoms with E-state index in [2.05, 4.69) is 31.2 Å². The molecule has 1 saturated heterocycles. The van der Waals surface area contributed by atoms with E-state index in [0.717, 1.165) is 23.5 Å². The van der Waals surface area contributed by atoms with Crippen LogP contribution in [0.2, 0.25) is 0 Å². The van der Waals surface area contributed by atoms with Crippen LogP contribution < -0.4 is 0 Å². The van der Waals surface area contributed by atoms with Crippen LogP contribution in [0.25, 0.3) is 5.69 Å². The van der Waals surface area contributed by atoms with E-state index >= 15 is 0 Å². The minimum Gasteiger partial charge on any atom is -0.324 e. The highest BCUT2D eigenvalue weighted by atomic mass is 32.2. The van der Waals surface area contributed by atoms with Gasteiger partial charge in [0.2, 0.25) is 0 Å². The Morgan fingerprint density at radius 1 is 1.00 bits per heavy atom. The molecular formula is C21H20N2OS. The molecule has 1 amide bonds. The fourth-order valence-electron chi connectivity index (χ4n) is 3.13. The van der Waals surface area contributed by atoms with Crippen LogP contribution in [0.5, 0.6) is 0 Å². The maximum atomic E-state index is 13.0. The minimum atomic E-state index is 0.106. The van der Waals surface area contributed by atoms with Crippen LogP contribution >= 0.6 is 11.8 Å². The van der Waals surface area contributed by atoms with E-state index in [-0.39, 0.29) is 11.3 Å². The number of rotatable bonds is 3. The zero-order valence-electron chi connectivity index (χ0n) is 14.1. The second-order valence-corrected chi connectivity index (χ2v) is 7.46. The summed E-state index contributed by atoms with van der Waals surface area (Å²) >= 11 is 1.83. The first-order valence-corrected chi connectivity index (χ1v) is 9.50. The Balaban J connectivity index is 1.56. The van der Waals surface area contributed by atoms with E-state index in [4.69, 9.17) is 0 Å². The van der Waals surface area contributed by atoms with Gasteiger partial charge in [-0.1, -0.05) is 29.8 Å². The lowest BCUT2D eigenvalue weighted by molar-refractivity contribution is 0.0760. The van der Waals surface area contributed by atoms with Gasteiger partial charge in [-0.15, -0.1) is 11.8 Å². The zero-order valence-corrected chi connectivity index (χ0v) is 14.9. The standard InChI is InChI=1S/C21H20N2OS/c1-16-4-6-18(7-5-16)21-23(14-15-25-21)20(24)17-8-10-19(11-9-17)22-12-2-3-13-22/h2-13,21H,14-15H2,1H3. The Bertz CT molecular complexity index is 854. The molecule has 3 nitrogen and oxygen atoms in total. The summed E-state index contributed by atoms with van der Waals surface area (Å²) in [5.41, 5.74) is 4.25. The number of aryl methyl sites for hydroxylation is 1. The van der Waals surface area contributed by atoms with Crippen molar-refractivity contribution < 1.29 is 4.79 Å². The smallest absolute Gasteiger partial charge is 0.255 e. The van der Waals surface area contributed by atoms with Crippen LogP contribution in [0.3, 0.4) is 0 Å². The van der Waals surface area contributed by atoms with Gasteiger partial charge < -0.3 is 9.47 Å². The average molecular weight is 348 g/mol. The number of amides is 1. The van der Waals surface area contributed by atoms with Gasteiger partial charge in [0, 0.05) is 35.9 Å². The normalized spacial score (nSPS) is 17.0. The van der Waals surface area contributed by atoms with E-state index < -0.39 is 0 Å². The third-order valence-electron chi connectivity index (χ3n) is 4.53. The van der Waals surface area contributed by atoms with E-state index in [1.807, 2.05) is 70.0 Å². The van der Waals surface area contributed by atoms with E-state index in [0.29, 0.717) is 0 Å². The number of carbonyl (C=O) groups is 1. The van der Waals surface area contributed by atoms with Crippen molar-refractivity contribution in [2.75, 3.05) is 12.3 Å². The molecule has 1 unspecified atom stereocenters. The maximum absolute atomic E-state index is 13.0. The molecule has 3 aromatic rings. The van der Waals surface area contributed by atoms with Gasteiger partial charge in [-0.3, -0.25) is 4.79 Å². The van der Waals surface area contributed by atoms with Gasteiger partial charge in [-0.25, -0.2) is 0 Å².